The smallest absolute Gasteiger partial charge is 0.154 e. The predicted octanol–water partition coefficient (Wildman–Crippen LogP) is 1.41. The fraction of sp³-hybridized carbons (Fsp3) is 0.733. The van der Waals surface area contributed by atoms with Crippen LogP contribution in [0.25, 0.3) is 0 Å². The Labute approximate surface area is 132 Å². The van der Waals surface area contributed by atoms with Crippen LogP contribution in [0, 0.1) is 0 Å². The van der Waals surface area contributed by atoms with Crippen molar-refractivity contribution in [1.29, 1.82) is 0 Å². The SMILES string of the molecule is CCCCNc1ncnc(NCCCN2CCOCC2)c1N. The molecule has 0 amide bonds. The van der Waals surface area contributed by atoms with E-state index < -0.39 is 0 Å². The minimum Gasteiger partial charge on any atom is -0.393 e. The lowest BCUT2D eigenvalue weighted by Gasteiger charge is -2.26. The second-order valence-electron chi connectivity index (χ2n) is 5.50. The molecule has 0 spiro atoms. The van der Waals surface area contributed by atoms with Crippen LogP contribution in [-0.2, 0) is 4.74 Å². The molecular formula is C15H28N6O. The van der Waals surface area contributed by atoms with Gasteiger partial charge in [0.1, 0.15) is 12.0 Å². The van der Waals surface area contributed by atoms with Crippen LogP contribution in [0.3, 0.4) is 0 Å². The maximum atomic E-state index is 6.11. The highest BCUT2D eigenvalue weighted by molar-refractivity contribution is 5.73. The van der Waals surface area contributed by atoms with E-state index in [1.165, 1.54) is 0 Å². The fourth-order valence-electron chi connectivity index (χ4n) is 2.40. The Hall–Kier alpha value is -1.60. The molecule has 2 heterocycles. The van der Waals surface area contributed by atoms with E-state index in [4.69, 9.17) is 10.5 Å². The molecule has 1 aliphatic rings. The van der Waals surface area contributed by atoms with Crippen molar-refractivity contribution in [1.82, 2.24) is 14.9 Å². The van der Waals surface area contributed by atoms with Crippen molar-refractivity contribution in [3.05, 3.63) is 6.33 Å². The van der Waals surface area contributed by atoms with Crippen molar-refractivity contribution in [2.45, 2.75) is 26.2 Å². The molecule has 1 fully saturated rings. The summed E-state index contributed by atoms with van der Waals surface area (Å²) in [6.45, 7) is 8.72. The predicted molar refractivity (Wildman–Crippen MR) is 90.2 cm³/mol. The van der Waals surface area contributed by atoms with Gasteiger partial charge < -0.3 is 21.1 Å². The molecule has 0 unspecified atom stereocenters. The molecule has 1 aliphatic heterocycles. The highest BCUT2D eigenvalue weighted by Gasteiger charge is 2.10. The zero-order valence-corrected chi connectivity index (χ0v) is 13.5. The van der Waals surface area contributed by atoms with Crippen molar-refractivity contribution in [3.63, 3.8) is 0 Å². The van der Waals surface area contributed by atoms with Crippen LogP contribution in [0.15, 0.2) is 6.33 Å². The number of anilines is 3. The van der Waals surface area contributed by atoms with Gasteiger partial charge in [0.25, 0.3) is 0 Å². The van der Waals surface area contributed by atoms with Crippen LogP contribution in [0.4, 0.5) is 17.3 Å². The summed E-state index contributed by atoms with van der Waals surface area (Å²) in [6.07, 6.45) is 4.85. The summed E-state index contributed by atoms with van der Waals surface area (Å²) < 4.78 is 5.35. The number of nitrogens with one attached hydrogen (secondary N) is 2. The Kier molecular flexibility index (Phi) is 7.18. The van der Waals surface area contributed by atoms with Gasteiger partial charge >= 0.3 is 0 Å². The maximum absolute atomic E-state index is 6.11. The molecule has 4 N–H and O–H groups in total. The molecule has 2 rings (SSSR count). The van der Waals surface area contributed by atoms with Gasteiger partial charge in [0.2, 0.25) is 0 Å². The minimum atomic E-state index is 0.602. The molecule has 0 aliphatic carbocycles. The Morgan fingerprint density at radius 3 is 2.41 bits per heavy atom. The molecule has 1 aromatic rings. The quantitative estimate of drug-likeness (QED) is 0.594. The molecule has 124 valence electrons. The summed E-state index contributed by atoms with van der Waals surface area (Å²) >= 11 is 0. The van der Waals surface area contributed by atoms with Crippen molar-refractivity contribution in [3.8, 4) is 0 Å². The number of nitrogens with zero attached hydrogens (tertiary/aromatic N) is 3. The molecule has 0 saturated carbocycles. The molecule has 0 radical (unpaired) electrons. The zero-order valence-electron chi connectivity index (χ0n) is 13.5. The fourth-order valence-corrected chi connectivity index (χ4v) is 2.40. The van der Waals surface area contributed by atoms with E-state index >= 15 is 0 Å². The summed E-state index contributed by atoms with van der Waals surface area (Å²) in [4.78, 5) is 10.9. The topological polar surface area (TPSA) is 88.3 Å². The van der Waals surface area contributed by atoms with E-state index in [-0.39, 0.29) is 0 Å². The zero-order chi connectivity index (χ0) is 15.6. The molecule has 1 aromatic heterocycles. The van der Waals surface area contributed by atoms with Crippen molar-refractivity contribution in [2.75, 3.05) is 62.3 Å². The van der Waals surface area contributed by atoms with Gasteiger partial charge in [-0.3, -0.25) is 4.90 Å². The average Bonchev–Trinajstić information content (AvgIpc) is 2.55. The number of morpholine rings is 1. The Morgan fingerprint density at radius 1 is 1.14 bits per heavy atom. The first-order valence-electron chi connectivity index (χ1n) is 8.19. The molecule has 7 heteroatoms. The van der Waals surface area contributed by atoms with Crippen LogP contribution in [-0.4, -0.2) is 60.8 Å². The Bertz CT molecular complexity index is 436. The van der Waals surface area contributed by atoms with Gasteiger partial charge in [-0.2, -0.15) is 0 Å². The lowest BCUT2D eigenvalue weighted by atomic mass is 10.3. The number of unbranched alkanes of at least 4 members (excludes halogenated alkanes) is 1. The Balaban J connectivity index is 1.73. The molecule has 0 atom stereocenters. The molecular weight excluding hydrogens is 280 g/mol. The number of aromatic nitrogens is 2. The van der Waals surface area contributed by atoms with E-state index in [0.717, 1.165) is 76.8 Å². The van der Waals surface area contributed by atoms with Crippen molar-refractivity contribution in [2.24, 2.45) is 0 Å². The lowest BCUT2D eigenvalue weighted by Crippen LogP contribution is -2.37. The standard InChI is InChI=1S/C15H28N6O/c1-2-3-5-17-14-13(16)15(20-12-19-14)18-6-4-7-21-8-10-22-11-9-21/h12H,2-11,16H2,1H3,(H2,17,18,19,20). The number of ether oxygens (including phenoxy) is 1. The molecule has 0 aromatic carbocycles. The van der Waals surface area contributed by atoms with Gasteiger partial charge in [-0.15, -0.1) is 0 Å². The summed E-state index contributed by atoms with van der Waals surface area (Å²) in [5, 5.41) is 6.57. The van der Waals surface area contributed by atoms with Crippen LogP contribution in [0.1, 0.15) is 26.2 Å². The highest BCUT2D eigenvalue weighted by Crippen LogP contribution is 2.22. The first-order valence-corrected chi connectivity index (χ1v) is 8.19. The van der Waals surface area contributed by atoms with E-state index in [1.54, 1.807) is 6.33 Å². The summed E-state index contributed by atoms with van der Waals surface area (Å²) in [5.74, 6) is 1.44. The van der Waals surface area contributed by atoms with Gasteiger partial charge in [0, 0.05) is 26.2 Å². The van der Waals surface area contributed by atoms with Crippen LogP contribution >= 0.6 is 0 Å². The van der Waals surface area contributed by atoms with Gasteiger partial charge in [-0.1, -0.05) is 13.3 Å². The first-order chi connectivity index (χ1) is 10.8. The third-order valence-electron chi connectivity index (χ3n) is 3.75. The third-order valence-corrected chi connectivity index (χ3v) is 3.75. The average molecular weight is 308 g/mol. The van der Waals surface area contributed by atoms with Crippen molar-refractivity contribution < 1.29 is 4.74 Å². The summed E-state index contributed by atoms with van der Waals surface area (Å²) in [5.41, 5.74) is 6.72. The minimum absolute atomic E-state index is 0.602. The number of hydrogen-bond acceptors (Lipinski definition) is 7. The number of hydrogen-bond donors (Lipinski definition) is 3. The third kappa shape index (κ3) is 5.31. The van der Waals surface area contributed by atoms with Gasteiger partial charge in [-0.05, 0) is 19.4 Å². The first kappa shape index (κ1) is 16.8. The second-order valence-corrected chi connectivity index (χ2v) is 5.50. The normalized spacial score (nSPS) is 15.7. The monoisotopic (exact) mass is 308 g/mol. The largest absolute Gasteiger partial charge is 0.393 e. The van der Waals surface area contributed by atoms with E-state index in [2.05, 4.69) is 32.4 Å². The van der Waals surface area contributed by atoms with Crippen molar-refractivity contribution >= 4 is 17.3 Å². The number of rotatable bonds is 9. The Morgan fingerprint density at radius 2 is 1.77 bits per heavy atom. The van der Waals surface area contributed by atoms with Gasteiger partial charge in [0.15, 0.2) is 11.6 Å². The molecule has 22 heavy (non-hydrogen) atoms. The van der Waals surface area contributed by atoms with Gasteiger partial charge in [0.05, 0.1) is 13.2 Å². The van der Waals surface area contributed by atoms with E-state index in [1.807, 2.05) is 0 Å². The van der Waals surface area contributed by atoms with Crippen LogP contribution < -0.4 is 16.4 Å². The summed E-state index contributed by atoms with van der Waals surface area (Å²) in [6, 6.07) is 0. The highest BCUT2D eigenvalue weighted by atomic mass is 16.5. The molecule has 0 bridgehead atoms. The van der Waals surface area contributed by atoms with E-state index in [9.17, 15) is 0 Å². The molecule has 7 nitrogen and oxygen atoms in total. The number of nitrogen functional groups attached to an aromatic ring is 1. The lowest BCUT2D eigenvalue weighted by molar-refractivity contribution is 0.0378. The van der Waals surface area contributed by atoms with Gasteiger partial charge in [-0.25, -0.2) is 9.97 Å². The summed E-state index contributed by atoms with van der Waals surface area (Å²) in [7, 11) is 0. The van der Waals surface area contributed by atoms with Crippen LogP contribution in [0.5, 0.6) is 0 Å². The number of nitrogens with two attached hydrogens (primary N) is 1. The second kappa shape index (κ2) is 9.42. The maximum Gasteiger partial charge on any atom is 0.154 e. The molecule has 1 saturated heterocycles. The van der Waals surface area contributed by atoms with E-state index in [0.29, 0.717) is 5.69 Å². The van der Waals surface area contributed by atoms with Crippen LogP contribution in [0.2, 0.25) is 0 Å².